The molecule has 1 amide bonds. The summed E-state index contributed by atoms with van der Waals surface area (Å²) in [5.74, 6) is 1.12. The number of amides is 1. The van der Waals surface area contributed by atoms with Crippen LogP contribution in [0.3, 0.4) is 0 Å². The fourth-order valence-electron chi connectivity index (χ4n) is 4.81. The zero-order valence-electron chi connectivity index (χ0n) is 15.0. The summed E-state index contributed by atoms with van der Waals surface area (Å²) in [7, 11) is 0. The molecule has 1 aromatic heterocycles. The van der Waals surface area contributed by atoms with Crippen LogP contribution in [-0.4, -0.2) is 60.1 Å². The lowest BCUT2D eigenvalue weighted by molar-refractivity contribution is -0.139. The van der Waals surface area contributed by atoms with Crippen molar-refractivity contribution in [1.82, 2.24) is 14.8 Å². The van der Waals surface area contributed by atoms with Gasteiger partial charge in [0, 0.05) is 51.8 Å². The summed E-state index contributed by atoms with van der Waals surface area (Å²) in [6, 6.07) is 4.02. The largest absolute Gasteiger partial charge is 0.381 e. The molecule has 0 radical (unpaired) electrons. The number of ether oxygens (including phenoxy) is 1. The number of pyridine rings is 1. The molecule has 3 fully saturated rings. The summed E-state index contributed by atoms with van der Waals surface area (Å²) in [6.07, 6.45) is 9.18. The quantitative estimate of drug-likeness (QED) is 0.842. The van der Waals surface area contributed by atoms with Crippen LogP contribution in [0.15, 0.2) is 24.5 Å². The third kappa shape index (κ3) is 3.72. The molecule has 4 heterocycles. The zero-order valence-corrected chi connectivity index (χ0v) is 15.0. The van der Waals surface area contributed by atoms with Gasteiger partial charge in [0.1, 0.15) is 0 Å². The minimum atomic E-state index is -0.129. The summed E-state index contributed by atoms with van der Waals surface area (Å²) < 4.78 is 5.49. The lowest BCUT2D eigenvalue weighted by Crippen LogP contribution is -2.49. The number of likely N-dealkylation sites (tertiary alicyclic amines) is 2. The van der Waals surface area contributed by atoms with Gasteiger partial charge in [0.15, 0.2) is 0 Å². The van der Waals surface area contributed by atoms with Crippen LogP contribution in [0, 0.1) is 11.3 Å². The Morgan fingerprint density at radius 1 is 1.16 bits per heavy atom. The maximum atomic E-state index is 13.2. The van der Waals surface area contributed by atoms with Crippen molar-refractivity contribution in [2.75, 3.05) is 39.4 Å². The van der Waals surface area contributed by atoms with Crippen molar-refractivity contribution < 1.29 is 9.53 Å². The lowest BCUT2D eigenvalue weighted by Gasteiger charge is -2.41. The minimum Gasteiger partial charge on any atom is -0.381 e. The first-order valence-electron chi connectivity index (χ1n) is 9.74. The molecule has 25 heavy (non-hydrogen) atoms. The Kier molecular flexibility index (Phi) is 5.04. The number of hydrogen-bond donors (Lipinski definition) is 0. The van der Waals surface area contributed by atoms with Crippen LogP contribution in [0.1, 0.15) is 37.7 Å². The van der Waals surface area contributed by atoms with Crippen molar-refractivity contribution in [1.29, 1.82) is 0 Å². The summed E-state index contributed by atoms with van der Waals surface area (Å²) >= 11 is 0. The molecule has 1 atom stereocenters. The third-order valence-electron chi connectivity index (χ3n) is 6.24. The fraction of sp³-hybridized carbons (Fsp3) is 0.700. The van der Waals surface area contributed by atoms with E-state index in [0.717, 1.165) is 71.1 Å². The van der Waals surface area contributed by atoms with E-state index in [-0.39, 0.29) is 5.41 Å². The monoisotopic (exact) mass is 343 g/mol. The fourth-order valence-corrected chi connectivity index (χ4v) is 4.81. The van der Waals surface area contributed by atoms with Gasteiger partial charge in [-0.15, -0.1) is 0 Å². The van der Waals surface area contributed by atoms with Crippen LogP contribution >= 0.6 is 0 Å². The maximum absolute atomic E-state index is 13.2. The Hall–Kier alpha value is -1.46. The number of nitrogens with zero attached hydrogens (tertiary/aromatic N) is 3. The highest BCUT2D eigenvalue weighted by atomic mass is 16.5. The van der Waals surface area contributed by atoms with Crippen molar-refractivity contribution in [2.45, 2.75) is 38.6 Å². The first-order chi connectivity index (χ1) is 12.3. The molecule has 3 aliphatic heterocycles. The first kappa shape index (κ1) is 17.0. The normalized spacial score (nSPS) is 28.8. The second-order valence-corrected chi connectivity index (χ2v) is 8.01. The lowest BCUT2D eigenvalue weighted by atomic mass is 9.78. The second-order valence-electron chi connectivity index (χ2n) is 8.01. The Morgan fingerprint density at radius 2 is 1.96 bits per heavy atom. The first-order valence-corrected chi connectivity index (χ1v) is 9.74. The molecule has 0 aliphatic carbocycles. The average molecular weight is 343 g/mol. The molecule has 5 nitrogen and oxygen atoms in total. The number of hydrogen-bond acceptors (Lipinski definition) is 4. The highest BCUT2D eigenvalue weighted by molar-refractivity contribution is 5.85. The predicted octanol–water partition coefficient (Wildman–Crippen LogP) is 2.32. The molecule has 0 bridgehead atoms. The number of rotatable bonds is 4. The summed E-state index contributed by atoms with van der Waals surface area (Å²) in [5.41, 5.74) is 1.05. The minimum absolute atomic E-state index is 0.129. The van der Waals surface area contributed by atoms with E-state index in [1.807, 2.05) is 24.5 Å². The number of carbonyl (C=O) groups excluding carboxylic acids is 1. The standard InChI is InChI=1S/C20H29N3O2/c24-19-20(7-11-23(19)15-17-2-8-21-9-3-17)6-1-10-22(16-20)14-18-4-12-25-13-5-18/h2-3,8-9,18H,1,4-7,10-16H2/t20-/m1/s1. The highest BCUT2D eigenvalue weighted by Crippen LogP contribution is 2.41. The molecule has 3 saturated heterocycles. The number of carbonyl (C=O) groups is 1. The van der Waals surface area contributed by atoms with Gasteiger partial charge in [0.05, 0.1) is 5.41 Å². The van der Waals surface area contributed by atoms with E-state index >= 15 is 0 Å². The molecule has 1 aromatic rings. The van der Waals surface area contributed by atoms with Gasteiger partial charge in [0.2, 0.25) is 5.91 Å². The Morgan fingerprint density at radius 3 is 2.76 bits per heavy atom. The topological polar surface area (TPSA) is 45.7 Å². The van der Waals surface area contributed by atoms with Crippen LogP contribution in [0.25, 0.3) is 0 Å². The molecular formula is C20H29N3O2. The van der Waals surface area contributed by atoms with Gasteiger partial charge in [-0.3, -0.25) is 9.78 Å². The van der Waals surface area contributed by atoms with Crippen LogP contribution in [0.2, 0.25) is 0 Å². The summed E-state index contributed by atoms with van der Waals surface area (Å²) in [5, 5.41) is 0. The molecule has 5 heteroatoms. The van der Waals surface area contributed by atoms with Crippen LogP contribution in [-0.2, 0) is 16.1 Å². The van der Waals surface area contributed by atoms with E-state index in [9.17, 15) is 4.79 Å². The van der Waals surface area contributed by atoms with E-state index in [0.29, 0.717) is 5.91 Å². The molecular weight excluding hydrogens is 314 g/mol. The number of piperidine rings is 1. The van der Waals surface area contributed by atoms with E-state index in [2.05, 4.69) is 14.8 Å². The Balaban J connectivity index is 1.38. The summed E-state index contributed by atoms with van der Waals surface area (Å²) in [6.45, 7) is 6.68. The van der Waals surface area contributed by atoms with Crippen molar-refractivity contribution in [3.05, 3.63) is 30.1 Å². The van der Waals surface area contributed by atoms with Gasteiger partial charge < -0.3 is 14.5 Å². The molecule has 1 spiro atoms. The third-order valence-corrected chi connectivity index (χ3v) is 6.24. The molecule has 0 unspecified atom stereocenters. The maximum Gasteiger partial charge on any atom is 0.230 e. The van der Waals surface area contributed by atoms with E-state index in [1.165, 1.54) is 18.4 Å². The Labute approximate surface area is 150 Å². The molecule has 0 N–H and O–H groups in total. The van der Waals surface area contributed by atoms with E-state index < -0.39 is 0 Å². The highest BCUT2D eigenvalue weighted by Gasteiger charge is 2.48. The van der Waals surface area contributed by atoms with E-state index in [1.54, 1.807) is 0 Å². The van der Waals surface area contributed by atoms with Gasteiger partial charge in [-0.2, -0.15) is 0 Å². The van der Waals surface area contributed by atoms with Gasteiger partial charge >= 0.3 is 0 Å². The van der Waals surface area contributed by atoms with Crippen molar-refractivity contribution in [3.8, 4) is 0 Å². The second kappa shape index (κ2) is 7.42. The van der Waals surface area contributed by atoms with Crippen molar-refractivity contribution in [2.24, 2.45) is 11.3 Å². The Bertz CT molecular complexity index is 588. The number of aromatic nitrogens is 1. The zero-order chi connectivity index (χ0) is 17.1. The molecule has 3 aliphatic rings. The summed E-state index contributed by atoms with van der Waals surface area (Å²) in [4.78, 5) is 21.9. The van der Waals surface area contributed by atoms with Gasteiger partial charge in [-0.1, -0.05) is 0 Å². The SMILES string of the molecule is O=C1N(Cc2ccncc2)CC[C@@]12CCCN(CC1CCOCC1)C2. The van der Waals surface area contributed by atoms with Crippen LogP contribution < -0.4 is 0 Å². The van der Waals surface area contributed by atoms with Gasteiger partial charge in [0.25, 0.3) is 0 Å². The van der Waals surface area contributed by atoms with Gasteiger partial charge in [-0.25, -0.2) is 0 Å². The molecule has 0 aromatic carbocycles. The predicted molar refractivity (Wildman–Crippen MR) is 95.9 cm³/mol. The average Bonchev–Trinajstić information content (AvgIpc) is 2.93. The van der Waals surface area contributed by atoms with Crippen LogP contribution in [0.5, 0.6) is 0 Å². The smallest absolute Gasteiger partial charge is 0.230 e. The molecule has 0 saturated carbocycles. The van der Waals surface area contributed by atoms with Crippen LogP contribution in [0.4, 0.5) is 0 Å². The van der Waals surface area contributed by atoms with E-state index in [4.69, 9.17) is 4.74 Å². The van der Waals surface area contributed by atoms with Gasteiger partial charge in [-0.05, 0) is 62.3 Å². The van der Waals surface area contributed by atoms with Crippen molar-refractivity contribution >= 4 is 5.91 Å². The molecule has 4 rings (SSSR count). The van der Waals surface area contributed by atoms with Crippen molar-refractivity contribution in [3.63, 3.8) is 0 Å². The molecule has 136 valence electrons.